The van der Waals surface area contributed by atoms with Crippen LogP contribution >= 0.6 is 0 Å². The van der Waals surface area contributed by atoms with Crippen LogP contribution < -0.4 is 10.5 Å². The number of pyridine rings is 1. The summed E-state index contributed by atoms with van der Waals surface area (Å²) in [6.45, 7) is 5.06. The smallest absolute Gasteiger partial charge is 0.320 e. The van der Waals surface area contributed by atoms with Gasteiger partial charge in [-0.2, -0.15) is 15.1 Å². The van der Waals surface area contributed by atoms with Crippen molar-refractivity contribution in [1.82, 2.24) is 29.6 Å². The lowest BCUT2D eigenvalue weighted by Gasteiger charge is -2.13. The molecule has 3 aromatic heterocycles. The number of anilines is 1. The summed E-state index contributed by atoms with van der Waals surface area (Å²) in [5.41, 5.74) is 7.84. The molecule has 0 spiro atoms. The fourth-order valence-corrected chi connectivity index (χ4v) is 3.95. The van der Waals surface area contributed by atoms with E-state index >= 15 is 0 Å². The van der Waals surface area contributed by atoms with Crippen molar-refractivity contribution >= 4 is 16.9 Å². The SMILES string of the molecule is Nc1nc(OCc2ccncc2)nc2c1cnn2CCCCCCCN1CCCC1. The van der Waals surface area contributed by atoms with Crippen LogP contribution in [0.1, 0.15) is 50.5 Å². The predicted octanol–water partition coefficient (Wildman–Crippen LogP) is 3.43. The molecular weight excluding hydrogens is 378 g/mol. The average molecular weight is 410 g/mol. The Hall–Kier alpha value is -2.74. The summed E-state index contributed by atoms with van der Waals surface area (Å²) < 4.78 is 7.66. The molecule has 8 nitrogen and oxygen atoms in total. The molecule has 0 radical (unpaired) electrons. The second kappa shape index (κ2) is 10.3. The van der Waals surface area contributed by atoms with Crippen LogP contribution in [-0.2, 0) is 13.2 Å². The Kier molecular flexibility index (Phi) is 7.07. The van der Waals surface area contributed by atoms with Crippen molar-refractivity contribution in [3.8, 4) is 6.01 Å². The number of unbranched alkanes of at least 4 members (excludes halogenated alkanes) is 4. The van der Waals surface area contributed by atoms with Gasteiger partial charge in [0.1, 0.15) is 12.4 Å². The molecule has 160 valence electrons. The summed E-state index contributed by atoms with van der Waals surface area (Å²) in [6, 6.07) is 4.08. The molecule has 0 aliphatic carbocycles. The summed E-state index contributed by atoms with van der Waals surface area (Å²) >= 11 is 0. The molecule has 0 amide bonds. The molecule has 8 heteroatoms. The zero-order valence-corrected chi connectivity index (χ0v) is 17.5. The highest BCUT2D eigenvalue weighted by Gasteiger charge is 2.12. The van der Waals surface area contributed by atoms with Crippen LogP contribution in [0.25, 0.3) is 11.0 Å². The maximum atomic E-state index is 6.10. The van der Waals surface area contributed by atoms with Gasteiger partial charge in [0.25, 0.3) is 0 Å². The summed E-state index contributed by atoms with van der Waals surface area (Å²) in [4.78, 5) is 15.4. The van der Waals surface area contributed by atoms with E-state index in [2.05, 4.69) is 25.0 Å². The van der Waals surface area contributed by atoms with Gasteiger partial charge in [-0.1, -0.05) is 19.3 Å². The molecular formula is C22H31N7O. The molecule has 1 aliphatic heterocycles. The summed E-state index contributed by atoms with van der Waals surface area (Å²) in [5.74, 6) is 0.401. The number of aromatic nitrogens is 5. The van der Waals surface area contributed by atoms with Crippen molar-refractivity contribution in [3.63, 3.8) is 0 Å². The number of nitrogen functional groups attached to an aromatic ring is 1. The van der Waals surface area contributed by atoms with Crippen LogP contribution in [0.5, 0.6) is 6.01 Å². The van der Waals surface area contributed by atoms with Crippen LogP contribution in [0, 0.1) is 0 Å². The van der Waals surface area contributed by atoms with Gasteiger partial charge in [0.05, 0.1) is 11.6 Å². The van der Waals surface area contributed by atoms with E-state index in [9.17, 15) is 0 Å². The topological polar surface area (TPSA) is 95.0 Å². The van der Waals surface area contributed by atoms with E-state index in [0.29, 0.717) is 12.4 Å². The molecule has 4 rings (SSSR count). The van der Waals surface area contributed by atoms with E-state index < -0.39 is 0 Å². The third-order valence-electron chi connectivity index (χ3n) is 5.67. The van der Waals surface area contributed by atoms with Crippen LogP contribution in [0.2, 0.25) is 0 Å². The Morgan fingerprint density at radius 3 is 2.47 bits per heavy atom. The predicted molar refractivity (Wildman–Crippen MR) is 117 cm³/mol. The van der Waals surface area contributed by atoms with E-state index in [1.165, 1.54) is 58.2 Å². The minimum Gasteiger partial charge on any atom is -0.458 e. The zero-order chi connectivity index (χ0) is 20.6. The molecule has 0 saturated carbocycles. The number of hydrogen-bond donors (Lipinski definition) is 1. The van der Waals surface area contributed by atoms with Crippen molar-refractivity contribution in [3.05, 3.63) is 36.3 Å². The summed E-state index contributed by atoms with van der Waals surface area (Å²) in [7, 11) is 0. The van der Waals surface area contributed by atoms with Gasteiger partial charge in [-0.3, -0.25) is 4.98 Å². The molecule has 1 fully saturated rings. The monoisotopic (exact) mass is 409 g/mol. The second-order valence-electron chi connectivity index (χ2n) is 7.96. The van der Waals surface area contributed by atoms with E-state index in [1.54, 1.807) is 18.6 Å². The molecule has 1 aliphatic rings. The number of aryl methyl sites for hydroxylation is 1. The average Bonchev–Trinajstić information content (AvgIpc) is 3.43. The number of fused-ring (bicyclic) bond motifs is 1. The second-order valence-corrected chi connectivity index (χ2v) is 7.96. The fraction of sp³-hybridized carbons (Fsp3) is 0.545. The number of nitrogens with zero attached hydrogens (tertiary/aromatic N) is 6. The standard InChI is InChI=1S/C22H31N7O/c23-20-19-16-25-29(15-5-3-1-2-4-12-28-13-6-7-14-28)21(19)27-22(26-20)30-17-18-8-10-24-11-9-18/h8-11,16H,1-7,12-15,17H2,(H2,23,26,27). The largest absolute Gasteiger partial charge is 0.458 e. The van der Waals surface area contributed by atoms with Gasteiger partial charge < -0.3 is 15.4 Å². The van der Waals surface area contributed by atoms with Crippen molar-refractivity contribution in [1.29, 1.82) is 0 Å². The van der Waals surface area contributed by atoms with Gasteiger partial charge in [-0.25, -0.2) is 4.68 Å². The normalized spacial score (nSPS) is 14.5. The number of ether oxygens (including phenoxy) is 1. The van der Waals surface area contributed by atoms with Gasteiger partial charge in [-0.15, -0.1) is 0 Å². The van der Waals surface area contributed by atoms with Crippen LogP contribution in [0.4, 0.5) is 5.82 Å². The number of likely N-dealkylation sites (tertiary alicyclic amines) is 1. The Balaban J connectivity index is 1.25. The lowest BCUT2D eigenvalue weighted by Crippen LogP contribution is -2.20. The molecule has 0 bridgehead atoms. The number of rotatable bonds is 11. The molecule has 30 heavy (non-hydrogen) atoms. The number of nitrogens with two attached hydrogens (primary N) is 1. The van der Waals surface area contributed by atoms with Crippen molar-refractivity contribution in [2.75, 3.05) is 25.4 Å². The van der Waals surface area contributed by atoms with Crippen molar-refractivity contribution in [2.45, 2.75) is 58.1 Å². The maximum absolute atomic E-state index is 6.10. The van der Waals surface area contributed by atoms with Crippen LogP contribution in [0.15, 0.2) is 30.7 Å². The lowest BCUT2D eigenvalue weighted by molar-refractivity contribution is 0.282. The van der Waals surface area contributed by atoms with Crippen molar-refractivity contribution < 1.29 is 4.74 Å². The van der Waals surface area contributed by atoms with Gasteiger partial charge >= 0.3 is 6.01 Å². The Labute approximate surface area is 177 Å². The lowest BCUT2D eigenvalue weighted by atomic mass is 10.1. The van der Waals surface area contributed by atoms with E-state index in [0.717, 1.165) is 29.6 Å². The first-order chi connectivity index (χ1) is 14.8. The molecule has 0 aromatic carbocycles. The third kappa shape index (κ3) is 5.44. The molecule has 3 aromatic rings. The summed E-state index contributed by atoms with van der Waals surface area (Å²) in [5, 5.41) is 5.24. The third-order valence-corrected chi connectivity index (χ3v) is 5.67. The molecule has 1 saturated heterocycles. The van der Waals surface area contributed by atoms with Gasteiger partial charge in [0, 0.05) is 18.9 Å². The Morgan fingerprint density at radius 2 is 1.67 bits per heavy atom. The highest BCUT2D eigenvalue weighted by atomic mass is 16.5. The van der Waals surface area contributed by atoms with E-state index in [4.69, 9.17) is 10.5 Å². The number of hydrogen-bond acceptors (Lipinski definition) is 7. The molecule has 2 N–H and O–H groups in total. The molecule has 4 heterocycles. The maximum Gasteiger partial charge on any atom is 0.320 e. The quantitative estimate of drug-likeness (QED) is 0.485. The molecule has 0 unspecified atom stereocenters. The minimum absolute atomic E-state index is 0.278. The minimum atomic E-state index is 0.278. The first kappa shape index (κ1) is 20.5. The Morgan fingerprint density at radius 1 is 0.933 bits per heavy atom. The van der Waals surface area contributed by atoms with Crippen LogP contribution in [-0.4, -0.2) is 49.3 Å². The van der Waals surface area contributed by atoms with Gasteiger partial charge in [-0.05, 0) is 63.0 Å². The van der Waals surface area contributed by atoms with E-state index in [1.807, 2.05) is 16.8 Å². The summed E-state index contributed by atoms with van der Waals surface area (Å²) in [6.07, 6.45) is 14.1. The van der Waals surface area contributed by atoms with Gasteiger partial charge in [0.2, 0.25) is 0 Å². The van der Waals surface area contributed by atoms with Crippen LogP contribution in [0.3, 0.4) is 0 Å². The zero-order valence-electron chi connectivity index (χ0n) is 17.5. The van der Waals surface area contributed by atoms with Gasteiger partial charge in [0.15, 0.2) is 5.65 Å². The Bertz CT molecular complexity index is 922. The van der Waals surface area contributed by atoms with Crippen molar-refractivity contribution in [2.24, 2.45) is 0 Å². The highest BCUT2D eigenvalue weighted by Crippen LogP contribution is 2.21. The first-order valence-electron chi connectivity index (χ1n) is 11.0. The highest BCUT2D eigenvalue weighted by molar-refractivity contribution is 5.85. The first-order valence-corrected chi connectivity index (χ1v) is 11.0. The van der Waals surface area contributed by atoms with E-state index in [-0.39, 0.29) is 6.01 Å². The fourth-order valence-electron chi connectivity index (χ4n) is 3.95. The molecule has 0 atom stereocenters.